The van der Waals surface area contributed by atoms with Crippen molar-refractivity contribution in [3.63, 3.8) is 0 Å². The molecule has 0 atom stereocenters. The second-order valence-corrected chi connectivity index (χ2v) is 8.12. The topological polar surface area (TPSA) is 71.1 Å². The number of nitrogens with zero attached hydrogens (tertiary/aromatic N) is 2. The Labute approximate surface area is 183 Å². The van der Waals surface area contributed by atoms with Crippen LogP contribution >= 0.6 is 0 Å². The van der Waals surface area contributed by atoms with Crippen LogP contribution in [0.2, 0.25) is 0 Å². The van der Waals surface area contributed by atoms with Crippen LogP contribution in [0.1, 0.15) is 40.5 Å². The van der Waals surface area contributed by atoms with Gasteiger partial charge in [0.15, 0.2) is 0 Å². The van der Waals surface area contributed by atoms with Crippen LogP contribution in [0.3, 0.4) is 0 Å². The Bertz CT molecular complexity index is 950. The van der Waals surface area contributed by atoms with Gasteiger partial charge in [0.25, 0.3) is 11.8 Å². The van der Waals surface area contributed by atoms with Gasteiger partial charge in [-0.15, -0.1) is 0 Å². The van der Waals surface area contributed by atoms with Gasteiger partial charge >= 0.3 is 0 Å². The first kappa shape index (κ1) is 22.5. The van der Waals surface area contributed by atoms with E-state index in [0.717, 1.165) is 31.6 Å². The number of methoxy groups -OCH3 is 2. The van der Waals surface area contributed by atoms with E-state index >= 15 is 0 Å². The van der Waals surface area contributed by atoms with Crippen LogP contribution in [0.15, 0.2) is 36.4 Å². The molecule has 0 spiro atoms. The van der Waals surface area contributed by atoms with Gasteiger partial charge in [-0.1, -0.05) is 6.92 Å². The van der Waals surface area contributed by atoms with Gasteiger partial charge in [0.05, 0.1) is 25.3 Å². The summed E-state index contributed by atoms with van der Waals surface area (Å²) < 4.78 is 10.5. The first-order valence-electron chi connectivity index (χ1n) is 10.5. The summed E-state index contributed by atoms with van der Waals surface area (Å²) >= 11 is 0. The lowest BCUT2D eigenvalue weighted by Gasteiger charge is -2.31. The third kappa shape index (κ3) is 5.10. The summed E-state index contributed by atoms with van der Waals surface area (Å²) in [6.45, 7) is 3.73. The first-order chi connectivity index (χ1) is 14.8. The molecule has 1 aliphatic rings. The molecule has 7 nitrogen and oxygen atoms in total. The number of hydrogen-bond donors (Lipinski definition) is 1. The molecule has 1 N–H and O–H groups in total. The second-order valence-electron chi connectivity index (χ2n) is 8.12. The van der Waals surface area contributed by atoms with Crippen molar-refractivity contribution >= 4 is 23.2 Å². The molecule has 1 aliphatic heterocycles. The van der Waals surface area contributed by atoms with Gasteiger partial charge in [0.1, 0.15) is 11.5 Å². The van der Waals surface area contributed by atoms with Crippen molar-refractivity contribution in [2.75, 3.05) is 51.6 Å². The number of likely N-dealkylation sites (tertiary alicyclic amines) is 1. The van der Waals surface area contributed by atoms with Crippen molar-refractivity contribution in [3.8, 4) is 11.5 Å². The zero-order chi connectivity index (χ0) is 22.5. The van der Waals surface area contributed by atoms with Gasteiger partial charge < -0.3 is 24.6 Å². The maximum atomic E-state index is 13.3. The number of carbonyl (C=O) groups excluding carboxylic acids is 2. The van der Waals surface area contributed by atoms with Gasteiger partial charge in [0, 0.05) is 44.6 Å². The lowest BCUT2D eigenvalue weighted by molar-refractivity contribution is 0.0697. The second kappa shape index (κ2) is 9.73. The highest BCUT2D eigenvalue weighted by atomic mass is 16.5. The van der Waals surface area contributed by atoms with E-state index in [2.05, 4.69) is 12.2 Å². The van der Waals surface area contributed by atoms with Gasteiger partial charge in [-0.25, -0.2) is 0 Å². The number of amides is 2. The number of anilines is 2. The van der Waals surface area contributed by atoms with Crippen molar-refractivity contribution in [1.82, 2.24) is 4.90 Å². The van der Waals surface area contributed by atoms with Crippen LogP contribution in [0, 0.1) is 5.92 Å². The van der Waals surface area contributed by atoms with Gasteiger partial charge in [-0.2, -0.15) is 0 Å². The van der Waals surface area contributed by atoms with Crippen LogP contribution in [0.4, 0.5) is 11.4 Å². The summed E-state index contributed by atoms with van der Waals surface area (Å²) in [4.78, 5) is 30.0. The maximum absolute atomic E-state index is 13.3. The summed E-state index contributed by atoms with van der Waals surface area (Å²) in [5, 5.41) is 2.89. The van der Waals surface area contributed by atoms with Crippen molar-refractivity contribution in [2.45, 2.75) is 19.8 Å². The fraction of sp³-hybridized carbons (Fsp3) is 0.417. The number of nitrogens with one attached hydrogen (secondary N) is 1. The van der Waals surface area contributed by atoms with E-state index in [0.29, 0.717) is 34.2 Å². The highest BCUT2D eigenvalue weighted by Gasteiger charge is 2.24. The molecule has 2 aromatic rings. The quantitative estimate of drug-likeness (QED) is 0.760. The Morgan fingerprint density at radius 1 is 1.00 bits per heavy atom. The standard InChI is InChI=1S/C24H31N3O4/c1-16-10-12-27(13-11-16)24(29)20-14-17(6-9-21(20)26(2)3)25-23(28)19-8-7-18(30-4)15-22(19)31-5/h6-9,14-16H,10-13H2,1-5H3,(H,25,28). The Kier molecular flexibility index (Phi) is 7.05. The van der Waals surface area contributed by atoms with Crippen LogP contribution < -0.4 is 19.7 Å². The Balaban J connectivity index is 1.86. The fourth-order valence-corrected chi connectivity index (χ4v) is 3.74. The lowest BCUT2D eigenvalue weighted by atomic mass is 9.98. The summed E-state index contributed by atoms with van der Waals surface area (Å²) in [7, 11) is 6.88. The molecule has 3 rings (SSSR count). The van der Waals surface area contributed by atoms with Crippen LogP contribution in [0.25, 0.3) is 0 Å². The normalized spacial score (nSPS) is 14.2. The average molecular weight is 426 g/mol. The molecular formula is C24H31N3O4. The molecule has 0 unspecified atom stereocenters. The molecule has 1 saturated heterocycles. The number of hydrogen-bond acceptors (Lipinski definition) is 5. The molecule has 2 aromatic carbocycles. The number of ether oxygens (including phenoxy) is 2. The largest absolute Gasteiger partial charge is 0.497 e. The van der Waals surface area contributed by atoms with E-state index in [4.69, 9.17) is 9.47 Å². The molecule has 1 fully saturated rings. The molecule has 2 amide bonds. The zero-order valence-corrected chi connectivity index (χ0v) is 18.9. The van der Waals surface area contributed by atoms with E-state index in [1.54, 1.807) is 37.4 Å². The maximum Gasteiger partial charge on any atom is 0.259 e. The Morgan fingerprint density at radius 2 is 1.71 bits per heavy atom. The van der Waals surface area contributed by atoms with Crippen LogP contribution in [-0.4, -0.2) is 58.1 Å². The van der Waals surface area contributed by atoms with E-state index in [1.807, 2.05) is 30.0 Å². The van der Waals surface area contributed by atoms with Crippen molar-refractivity contribution in [3.05, 3.63) is 47.5 Å². The molecule has 0 saturated carbocycles. The number of piperidine rings is 1. The molecule has 0 aliphatic carbocycles. The van der Waals surface area contributed by atoms with Gasteiger partial charge in [0.2, 0.25) is 0 Å². The van der Waals surface area contributed by atoms with Crippen LogP contribution in [-0.2, 0) is 0 Å². The van der Waals surface area contributed by atoms with E-state index < -0.39 is 0 Å². The molecule has 0 aromatic heterocycles. The number of carbonyl (C=O) groups is 2. The summed E-state index contributed by atoms with van der Waals surface area (Å²) in [6, 6.07) is 10.4. The fourth-order valence-electron chi connectivity index (χ4n) is 3.74. The van der Waals surface area contributed by atoms with E-state index in [9.17, 15) is 9.59 Å². The van der Waals surface area contributed by atoms with E-state index in [-0.39, 0.29) is 11.8 Å². The minimum absolute atomic E-state index is 0.00581. The van der Waals surface area contributed by atoms with Crippen molar-refractivity contribution in [1.29, 1.82) is 0 Å². The Morgan fingerprint density at radius 3 is 2.32 bits per heavy atom. The molecule has 0 radical (unpaired) electrons. The average Bonchev–Trinajstić information content (AvgIpc) is 2.78. The predicted molar refractivity (Wildman–Crippen MR) is 123 cm³/mol. The van der Waals surface area contributed by atoms with Gasteiger partial charge in [-0.05, 0) is 49.1 Å². The summed E-state index contributed by atoms with van der Waals surface area (Å²) in [6.07, 6.45) is 2.02. The molecule has 166 valence electrons. The zero-order valence-electron chi connectivity index (χ0n) is 18.9. The smallest absolute Gasteiger partial charge is 0.259 e. The molecule has 1 heterocycles. The van der Waals surface area contributed by atoms with E-state index in [1.165, 1.54) is 7.11 Å². The highest BCUT2D eigenvalue weighted by molar-refractivity contribution is 6.08. The molecular weight excluding hydrogens is 394 g/mol. The third-order valence-electron chi connectivity index (χ3n) is 5.69. The lowest BCUT2D eigenvalue weighted by Crippen LogP contribution is -2.38. The third-order valence-corrected chi connectivity index (χ3v) is 5.69. The van der Waals surface area contributed by atoms with Gasteiger partial charge in [-0.3, -0.25) is 9.59 Å². The number of rotatable bonds is 6. The predicted octanol–water partition coefficient (Wildman–Crippen LogP) is 3.89. The van der Waals surface area contributed by atoms with Crippen molar-refractivity contribution in [2.24, 2.45) is 5.92 Å². The molecule has 0 bridgehead atoms. The molecule has 31 heavy (non-hydrogen) atoms. The van der Waals surface area contributed by atoms with Crippen LogP contribution in [0.5, 0.6) is 11.5 Å². The SMILES string of the molecule is COc1ccc(C(=O)Nc2ccc(N(C)C)c(C(=O)N3CCC(C)CC3)c2)c(OC)c1. The summed E-state index contributed by atoms with van der Waals surface area (Å²) in [5.74, 6) is 1.34. The minimum Gasteiger partial charge on any atom is -0.497 e. The summed E-state index contributed by atoms with van der Waals surface area (Å²) in [5.41, 5.74) is 2.35. The molecule has 7 heteroatoms. The minimum atomic E-state index is -0.317. The van der Waals surface area contributed by atoms with Crippen molar-refractivity contribution < 1.29 is 19.1 Å². The Hall–Kier alpha value is -3.22. The monoisotopic (exact) mass is 425 g/mol. The number of benzene rings is 2. The highest BCUT2D eigenvalue weighted by Crippen LogP contribution is 2.29. The first-order valence-corrected chi connectivity index (χ1v) is 10.5.